The summed E-state index contributed by atoms with van der Waals surface area (Å²) in [6.07, 6.45) is -3.06. The molecule has 1 N–H and O–H groups in total. The number of esters is 2. The van der Waals surface area contributed by atoms with Crippen LogP contribution >= 0.6 is 0 Å². The van der Waals surface area contributed by atoms with Gasteiger partial charge in [0.2, 0.25) is 5.88 Å². The molecule has 1 aliphatic heterocycles. The second kappa shape index (κ2) is 13.1. The van der Waals surface area contributed by atoms with E-state index in [2.05, 4.69) is 32.3 Å². The standard InChI is InChI=1S/C30H32F3N5O4/c1-18(2)21-11-19(17-34)12-22(13-21)23(15-27(39)42-29(40)30(31,32)33)14-25-16-26(38(3)37-25)41-10-8-24-7-6-20-5-4-9-35-28(20)36-24/h6-7,11-13,16,18,23H,4-5,8-10,14-15H2,1-3H3,(H,35,36). The predicted octanol–water partition coefficient (Wildman–Crippen LogP) is 5.14. The minimum atomic E-state index is -5.30. The van der Waals surface area contributed by atoms with Crippen LogP contribution in [-0.2, 0) is 40.6 Å². The highest BCUT2D eigenvalue weighted by Crippen LogP contribution is 2.30. The molecule has 0 bridgehead atoms. The Hall–Kier alpha value is -4.40. The van der Waals surface area contributed by atoms with Gasteiger partial charge in [-0.25, -0.2) is 14.5 Å². The molecule has 0 saturated carbocycles. The van der Waals surface area contributed by atoms with E-state index >= 15 is 0 Å². The monoisotopic (exact) mass is 583 g/mol. The van der Waals surface area contributed by atoms with Gasteiger partial charge in [-0.2, -0.15) is 23.5 Å². The fraction of sp³-hybridized carbons (Fsp3) is 0.433. The van der Waals surface area contributed by atoms with Gasteiger partial charge in [0, 0.05) is 31.8 Å². The zero-order chi connectivity index (χ0) is 30.4. The van der Waals surface area contributed by atoms with E-state index < -0.39 is 30.5 Å². The zero-order valence-electron chi connectivity index (χ0n) is 23.6. The number of alkyl halides is 3. The number of carbonyl (C=O) groups excluding carboxylic acids is 2. The van der Waals surface area contributed by atoms with E-state index in [0.717, 1.165) is 36.5 Å². The van der Waals surface area contributed by atoms with Gasteiger partial charge in [-0.3, -0.25) is 4.79 Å². The van der Waals surface area contributed by atoms with Gasteiger partial charge in [-0.05, 0) is 66.0 Å². The molecule has 1 aliphatic rings. The van der Waals surface area contributed by atoms with Gasteiger partial charge in [-0.1, -0.05) is 26.0 Å². The van der Waals surface area contributed by atoms with Crippen molar-refractivity contribution in [2.24, 2.45) is 7.05 Å². The summed E-state index contributed by atoms with van der Waals surface area (Å²) >= 11 is 0. The summed E-state index contributed by atoms with van der Waals surface area (Å²) in [7, 11) is 1.69. The van der Waals surface area contributed by atoms with Crippen molar-refractivity contribution in [3.8, 4) is 11.9 Å². The summed E-state index contributed by atoms with van der Waals surface area (Å²) in [4.78, 5) is 28.3. The Balaban J connectivity index is 1.50. The lowest BCUT2D eigenvalue weighted by molar-refractivity contribution is -0.202. The number of aromatic nitrogens is 3. The first kappa shape index (κ1) is 30.6. The van der Waals surface area contributed by atoms with Crippen LogP contribution in [0.25, 0.3) is 0 Å². The fourth-order valence-electron chi connectivity index (χ4n) is 4.78. The minimum Gasteiger partial charge on any atom is -0.477 e. The lowest BCUT2D eigenvalue weighted by Crippen LogP contribution is -2.28. The van der Waals surface area contributed by atoms with Crippen molar-refractivity contribution >= 4 is 17.8 Å². The first-order chi connectivity index (χ1) is 19.9. The van der Waals surface area contributed by atoms with E-state index in [-0.39, 0.29) is 12.3 Å². The first-order valence-corrected chi connectivity index (χ1v) is 13.7. The molecular weight excluding hydrogens is 551 g/mol. The molecule has 4 rings (SSSR count). The third-order valence-electron chi connectivity index (χ3n) is 7.00. The Morgan fingerprint density at radius 3 is 2.62 bits per heavy atom. The number of nitriles is 1. The third-order valence-corrected chi connectivity index (χ3v) is 7.00. The summed E-state index contributed by atoms with van der Waals surface area (Å²) in [5, 5.41) is 17.3. The Morgan fingerprint density at radius 2 is 1.90 bits per heavy atom. The SMILES string of the molecule is CC(C)c1cc(C#N)cc(C(CC(=O)OC(=O)C(F)(F)F)Cc2cc(OCCc3ccc4c(n3)NCCC4)n(C)n2)c1. The summed E-state index contributed by atoms with van der Waals surface area (Å²) in [6, 6.07) is 12.9. The van der Waals surface area contributed by atoms with Gasteiger partial charge >= 0.3 is 18.1 Å². The van der Waals surface area contributed by atoms with Gasteiger partial charge < -0.3 is 14.8 Å². The third kappa shape index (κ3) is 7.87. The molecule has 0 saturated heterocycles. The number of rotatable bonds is 10. The zero-order valence-corrected chi connectivity index (χ0v) is 23.6. The number of aryl methyl sites for hydroxylation is 2. The van der Waals surface area contributed by atoms with Crippen molar-refractivity contribution in [1.29, 1.82) is 5.26 Å². The highest BCUT2D eigenvalue weighted by Gasteiger charge is 2.42. The Morgan fingerprint density at radius 1 is 1.14 bits per heavy atom. The number of pyridine rings is 1. The van der Waals surface area contributed by atoms with Gasteiger partial charge in [0.25, 0.3) is 0 Å². The number of hydrogen-bond donors (Lipinski definition) is 1. The highest BCUT2D eigenvalue weighted by atomic mass is 19.4. The van der Waals surface area contributed by atoms with Gasteiger partial charge in [-0.15, -0.1) is 0 Å². The summed E-state index contributed by atoms with van der Waals surface area (Å²) in [6.45, 7) is 5.10. The normalized spacial score (nSPS) is 13.6. The average molecular weight is 584 g/mol. The van der Waals surface area contributed by atoms with E-state index in [4.69, 9.17) is 4.74 Å². The maximum absolute atomic E-state index is 12.7. The van der Waals surface area contributed by atoms with Crippen LogP contribution in [0.5, 0.6) is 5.88 Å². The predicted molar refractivity (Wildman–Crippen MR) is 147 cm³/mol. The quantitative estimate of drug-likeness (QED) is 0.258. The second-order valence-electron chi connectivity index (χ2n) is 10.6. The van der Waals surface area contributed by atoms with E-state index in [1.165, 1.54) is 10.2 Å². The van der Waals surface area contributed by atoms with Crippen LogP contribution in [0.15, 0.2) is 36.4 Å². The highest BCUT2D eigenvalue weighted by molar-refractivity contribution is 5.88. The number of carbonyl (C=O) groups is 2. The molecule has 42 heavy (non-hydrogen) atoms. The van der Waals surface area contributed by atoms with E-state index in [1.807, 2.05) is 19.9 Å². The van der Waals surface area contributed by atoms with Crippen molar-refractivity contribution in [1.82, 2.24) is 14.8 Å². The molecule has 9 nitrogen and oxygen atoms in total. The number of nitrogens with zero attached hydrogens (tertiary/aromatic N) is 4. The van der Waals surface area contributed by atoms with Crippen LogP contribution in [0.4, 0.5) is 19.0 Å². The molecule has 0 radical (unpaired) electrons. The van der Waals surface area contributed by atoms with Crippen LogP contribution in [0.3, 0.4) is 0 Å². The maximum Gasteiger partial charge on any atom is 0.491 e. The molecule has 0 spiro atoms. The van der Waals surface area contributed by atoms with Crippen LogP contribution in [0.2, 0.25) is 0 Å². The van der Waals surface area contributed by atoms with Crippen molar-refractivity contribution in [3.05, 3.63) is 70.0 Å². The first-order valence-electron chi connectivity index (χ1n) is 13.7. The van der Waals surface area contributed by atoms with Gasteiger partial charge in [0.1, 0.15) is 5.82 Å². The van der Waals surface area contributed by atoms with E-state index in [0.29, 0.717) is 35.7 Å². The van der Waals surface area contributed by atoms with E-state index in [1.54, 1.807) is 31.3 Å². The van der Waals surface area contributed by atoms with Crippen LogP contribution < -0.4 is 10.1 Å². The molecule has 1 unspecified atom stereocenters. The average Bonchev–Trinajstić information content (AvgIpc) is 3.30. The lowest BCUT2D eigenvalue weighted by Gasteiger charge is -2.18. The van der Waals surface area contributed by atoms with Crippen LogP contribution in [-0.4, -0.2) is 46.0 Å². The van der Waals surface area contributed by atoms with Crippen LogP contribution in [0, 0.1) is 11.3 Å². The molecule has 12 heteroatoms. The van der Waals surface area contributed by atoms with Crippen LogP contribution in [0.1, 0.15) is 72.2 Å². The topological polar surface area (TPSA) is 119 Å². The lowest BCUT2D eigenvalue weighted by atomic mass is 9.87. The molecular formula is C30H32F3N5O4. The number of nitrogens with one attached hydrogen (secondary N) is 1. The fourth-order valence-corrected chi connectivity index (χ4v) is 4.78. The largest absolute Gasteiger partial charge is 0.491 e. The molecule has 1 aromatic carbocycles. The van der Waals surface area contributed by atoms with E-state index in [9.17, 15) is 28.0 Å². The Bertz CT molecular complexity index is 1490. The molecule has 0 fully saturated rings. The second-order valence-corrected chi connectivity index (χ2v) is 10.6. The molecule has 3 heterocycles. The number of anilines is 1. The maximum atomic E-state index is 12.7. The molecule has 0 amide bonds. The number of benzene rings is 1. The number of ether oxygens (including phenoxy) is 2. The Kier molecular flexibility index (Phi) is 9.50. The smallest absolute Gasteiger partial charge is 0.477 e. The molecule has 3 aromatic rings. The molecule has 1 atom stereocenters. The number of fused-ring (bicyclic) bond motifs is 1. The van der Waals surface area contributed by atoms with Crippen molar-refractivity contribution < 1.29 is 32.2 Å². The van der Waals surface area contributed by atoms with Gasteiger partial charge in [0.05, 0.1) is 30.4 Å². The number of halogens is 3. The molecule has 0 aliphatic carbocycles. The molecule has 2 aromatic heterocycles. The number of hydrogen-bond acceptors (Lipinski definition) is 8. The minimum absolute atomic E-state index is 0.0479. The van der Waals surface area contributed by atoms with Gasteiger partial charge in [0.15, 0.2) is 0 Å². The van der Waals surface area contributed by atoms with Crippen molar-refractivity contribution in [2.45, 2.75) is 64.0 Å². The Labute approximate surface area is 241 Å². The summed E-state index contributed by atoms with van der Waals surface area (Å²) in [5.41, 5.74) is 4.31. The summed E-state index contributed by atoms with van der Waals surface area (Å²) < 4.78 is 49.6. The summed E-state index contributed by atoms with van der Waals surface area (Å²) in [5.74, 6) is -3.20. The van der Waals surface area contributed by atoms with Crippen molar-refractivity contribution in [2.75, 3.05) is 18.5 Å². The van der Waals surface area contributed by atoms with Crippen molar-refractivity contribution in [3.63, 3.8) is 0 Å². The molecule has 222 valence electrons.